The molecule has 2 aromatic heterocycles. The molecule has 104 valence electrons. The van der Waals surface area contributed by atoms with Gasteiger partial charge in [-0.15, -0.1) is 0 Å². The molecule has 0 amide bonds. The highest BCUT2D eigenvalue weighted by molar-refractivity contribution is 7.09. The molecule has 0 saturated carbocycles. The molecule has 22 heavy (non-hydrogen) atoms. The average Bonchev–Trinajstić information content (AvgIpc) is 2.86. The second-order valence-electron chi connectivity index (χ2n) is 4.84. The van der Waals surface area contributed by atoms with Crippen LogP contribution in [0.3, 0.4) is 0 Å². The maximum Gasteiger partial charge on any atom is 0.311 e. The Balaban J connectivity index is 2.08. The second kappa shape index (κ2) is 6.69. The average molecular weight is 283 g/mol. The first-order valence-corrected chi connectivity index (χ1v) is 7.10. The fraction of sp³-hybridized carbons (Fsp3) is 0.0556. The molecule has 3 rings (SSSR count). The third-order valence-electron chi connectivity index (χ3n) is 3.39. The summed E-state index contributed by atoms with van der Waals surface area (Å²) in [6.07, 6.45) is 10.1. The Morgan fingerprint density at radius 2 is 2.05 bits per heavy atom. The maximum atomic E-state index is 4.56. The molecular weight excluding hydrogens is 269 g/mol. The zero-order valence-corrected chi connectivity index (χ0v) is 12.1. The summed E-state index contributed by atoms with van der Waals surface area (Å²) >= 11 is 0. The summed E-state index contributed by atoms with van der Waals surface area (Å²) in [7, 11) is 0. The Bertz CT molecular complexity index is 781. The largest absolute Gasteiger partial charge is 0.311 e. The van der Waals surface area contributed by atoms with E-state index in [4.69, 9.17) is 0 Å². The van der Waals surface area contributed by atoms with Gasteiger partial charge in [-0.2, -0.15) is 0 Å². The van der Waals surface area contributed by atoms with Crippen molar-refractivity contribution >= 4 is 29.6 Å². The lowest BCUT2D eigenvalue weighted by molar-refractivity contribution is 1.35. The van der Waals surface area contributed by atoms with Gasteiger partial charge < -0.3 is 0 Å². The monoisotopic (exact) mass is 283 g/mol. The van der Waals surface area contributed by atoms with Gasteiger partial charge in [0.1, 0.15) is 0 Å². The number of aliphatic imine (C=N–C) groups is 1. The zero-order chi connectivity index (χ0) is 15.2. The molecule has 1 aliphatic heterocycles. The number of hydrogen-bond acceptors (Lipinski definition) is 3. The van der Waals surface area contributed by atoms with Crippen LogP contribution in [0.1, 0.15) is 12.0 Å². The van der Waals surface area contributed by atoms with Gasteiger partial charge in [-0.05, 0) is 23.8 Å². The number of nitrogens with zero attached hydrogens (tertiary/aromatic N) is 3. The molecule has 0 bridgehead atoms. The molecule has 0 saturated heterocycles. The minimum atomic E-state index is -0.122. The van der Waals surface area contributed by atoms with Crippen molar-refractivity contribution in [3.8, 4) is 12.0 Å². The molecule has 0 aliphatic carbocycles. The van der Waals surface area contributed by atoms with Crippen LogP contribution in [0.4, 0.5) is 0 Å². The first-order valence-electron chi connectivity index (χ1n) is 7.10. The summed E-state index contributed by atoms with van der Waals surface area (Å²) in [5.41, 5.74) is 3.66. The number of pyridine rings is 2. The van der Waals surface area contributed by atoms with Crippen LogP contribution in [0.15, 0.2) is 66.4 Å². The normalized spacial score (nSPS) is 12.6. The quantitative estimate of drug-likeness (QED) is 0.632. The Labute approximate surface area is 130 Å². The minimum Gasteiger partial charge on any atom is -0.270 e. The standard InChI is InChI=1S/C18H14BN3/c1-2-15-10-11-18(22-14-15)19(17-9-5-7-13-21-17)16-8-4-3-6-12-20-16/h2,4-5,7-11,13-14H,1,3H2. The van der Waals surface area contributed by atoms with Gasteiger partial charge in [0.15, 0.2) is 0 Å². The van der Waals surface area contributed by atoms with Crippen molar-refractivity contribution in [2.24, 2.45) is 4.99 Å². The van der Waals surface area contributed by atoms with Gasteiger partial charge in [0.25, 0.3) is 0 Å². The SMILES string of the molecule is C=Cc1ccc(B(C2=NC#CCC=C2)c2ccccn2)nc1. The smallest absolute Gasteiger partial charge is 0.270 e. The van der Waals surface area contributed by atoms with Crippen molar-refractivity contribution in [2.75, 3.05) is 0 Å². The summed E-state index contributed by atoms with van der Waals surface area (Å²) < 4.78 is 0. The molecule has 1 aliphatic rings. The van der Waals surface area contributed by atoms with Crippen molar-refractivity contribution in [3.05, 3.63) is 67.0 Å². The van der Waals surface area contributed by atoms with E-state index in [0.29, 0.717) is 6.42 Å². The lowest BCUT2D eigenvalue weighted by Crippen LogP contribution is -2.51. The molecule has 0 aromatic carbocycles. The van der Waals surface area contributed by atoms with E-state index < -0.39 is 0 Å². The van der Waals surface area contributed by atoms with Crippen LogP contribution in [0, 0.1) is 12.0 Å². The van der Waals surface area contributed by atoms with Crippen molar-refractivity contribution in [2.45, 2.75) is 6.42 Å². The van der Waals surface area contributed by atoms with Gasteiger partial charge in [0.2, 0.25) is 0 Å². The summed E-state index contributed by atoms with van der Waals surface area (Å²) in [6, 6.07) is 12.7. The Morgan fingerprint density at radius 3 is 2.77 bits per heavy atom. The molecule has 0 spiro atoms. The molecule has 0 unspecified atom stereocenters. The highest BCUT2D eigenvalue weighted by Gasteiger charge is 2.27. The van der Waals surface area contributed by atoms with Crippen molar-refractivity contribution in [1.82, 2.24) is 9.97 Å². The molecule has 0 atom stereocenters. The van der Waals surface area contributed by atoms with Gasteiger partial charge in [-0.25, -0.2) is 4.99 Å². The van der Waals surface area contributed by atoms with E-state index >= 15 is 0 Å². The van der Waals surface area contributed by atoms with Crippen LogP contribution in [0.2, 0.25) is 0 Å². The molecule has 3 nitrogen and oxygen atoms in total. The third kappa shape index (κ3) is 3.04. The van der Waals surface area contributed by atoms with Gasteiger partial charge in [-0.3, -0.25) is 9.97 Å². The lowest BCUT2D eigenvalue weighted by atomic mass is 9.40. The van der Waals surface area contributed by atoms with Gasteiger partial charge in [0.05, 0.1) is 0 Å². The van der Waals surface area contributed by atoms with Crippen molar-refractivity contribution in [1.29, 1.82) is 0 Å². The number of aromatic nitrogens is 2. The highest BCUT2D eigenvalue weighted by Crippen LogP contribution is 2.00. The van der Waals surface area contributed by atoms with Crippen LogP contribution < -0.4 is 11.2 Å². The van der Waals surface area contributed by atoms with Crippen LogP contribution in [0.25, 0.3) is 6.08 Å². The van der Waals surface area contributed by atoms with Gasteiger partial charge in [-0.1, -0.05) is 42.9 Å². The number of hydrogen-bond donors (Lipinski definition) is 0. The molecule has 0 N–H and O–H groups in total. The molecular formula is C18H14BN3. The van der Waals surface area contributed by atoms with Crippen LogP contribution in [-0.4, -0.2) is 22.3 Å². The zero-order valence-electron chi connectivity index (χ0n) is 12.1. The van der Waals surface area contributed by atoms with E-state index in [2.05, 4.69) is 33.5 Å². The van der Waals surface area contributed by atoms with E-state index in [1.165, 1.54) is 0 Å². The third-order valence-corrected chi connectivity index (χ3v) is 3.39. The van der Waals surface area contributed by atoms with E-state index in [0.717, 1.165) is 22.4 Å². The first-order chi connectivity index (χ1) is 10.9. The number of rotatable bonds is 4. The molecule has 4 heteroatoms. The summed E-state index contributed by atoms with van der Waals surface area (Å²) in [6.45, 7) is 3.64. The Kier molecular flexibility index (Phi) is 4.26. The van der Waals surface area contributed by atoms with Gasteiger partial charge in [0, 0.05) is 41.7 Å². The molecule has 0 fully saturated rings. The van der Waals surface area contributed by atoms with E-state index in [9.17, 15) is 0 Å². The van der Waals surface area contributed by atoms with Gasteiger partial charge >= 0.3 is 6.71 Å². The second-order valence-corrected chi connectivity index (χ2v) is 4.84. The van der Waals surface area contributed by atoms with Crippen LogP contribution in [-0.2, 0) is 0 Å². The summed E-state index contributed by atoms with van der Waals surface area (Å²) in [4.78, 5) is 13.4. The first kappa shape index (κ1) is 14.0. The fourth-order valence-corrected chi connectivity index (χ4v) is 2.30. The minimum absolute atomic E-state index is 0.122. The molecule has 2 aromatic rings. The van der Waals surface area contributed by atoms with Crippen LogP contribution >= 0.6 is 0 Å². The summed E-state index contributed by atoms with van der Waals surface area (Å²) in [5.74, 6) is 2.97. The number of allylic oxidation sites excluding steroid dienone is 2. The van der Waals surface area contributed by atoms with E-state index in [1.807, 2.05) is 48.7 Å². The van der Waals surface area contributed by atoms with Crippen molar-refractivity contribution in [3.63, 3.8) is 0 Å². The Hall–Kier alpha value is -2.93. The predicted octanol–water partition coefficient (Wildman–Crippen LogP) is 1.63. The molecule has 3 heterocycles. The summed E-state index contributed by atoms with van der Waals surface area (Å²) in [5, 5.41) is 0. The van der Waals surface area contributed by atoms with Crippen molar-refractivity contribution < 1.29 is 0 Å². The predicted molar refractivity (Wildman–Crippen MR) is 92.6 cm³/mol. The van der Waals surface area contributed by atoms with E-state index in [-0.39, 0.29) is 6.71 Å². The van der Waals surface area contributed by atoms with Crippen LogP contribution in [0.5, 0.6) is 0 Å². The van der Waals surface area contributed by atoms with E-state index in [1.54, 1.807) is 12.3 Å². The highest BCUT2D eigenvalue weighted by atomic mass is 14.7. The topological polar surface area (TPSA) is 38.1 Å². The molecule has 0 radical (unpaired) electrons. The fourth-order valence-electron chi connectivity index (χ4n) is 2.30. The maximum absolute atomic E-state index is 4.56. The lowest BCUT2D eigenvalue weighted by Gasteiger charge is -2.12. The Morgan fingerprint density at radius 1 is 1.14 bits per heavy atom.